The number of carbonyl (C=O) groups is 1. The van der Waals surface area contributed by atoms with Gasteiger partial charge in [-0.2, -0.15) is 0 Å². The molecule has 3 aromatic rings. The van der Waals surface area contributed by atoms with Gasteiger partial charge in [-0.1, -0.05) is 31.5 Å². The molecule has 1 unspecified atom stereocenters. The molecule has 0 bridgehead atoms. The smallest absolute Gasteiger partial charge is 0.316 e. The number of hydrogen-bond acceptors (Lipinski definition) is 4. The van der Waals surface area contributed by atoms with Crippen LogP contribution >= 0.6 is 0 Å². The number of piperazine rings is 1. The zero-order valence-electron chi connectivity index (χ0n) is 19.3. The standard InChI is InChI=1S/C26H33N5O2/c1-2-7-21(24-20(28-26(27)32)18-31-12-4-3-10-22(24)31)29-13-15-30(16-14-29)23-11-5-8-19-9-6-17-33-25(19)23/h3-5,8,10-12,18,21H,2,6-7,9,13-17H2,1H3,(H3,27,28,32). The first kappa shape index (κ1) is 21.6. The van der Waals surface area contributed by atoms with Crippen molar-refractivity contribution in [2.24, 2.45) is 5.73 Å². The largest absolute Gasteiger partial charge is 0.491 e. The number of benzene rings is 1. The summed E-state index contributed by atoms with van der Waals surface area (Å²) in [4.78, 5) is 16.8. The third-order valence-corrected chi connectivity index (χ3v) is 6.89. The van der Waals surface area contributed by atoms with E-state index in [1.54, 1.807) is 0 Å². The third-order valence-electron chi connectivity index (χ3n) is 6.89. The molecule has 1 atom stereocenters. The molecule has 2 amide bonds. The second-order valence-electron chi connectivity index (χ2n) is 8.98. The molecular weight excluding hydrogens is 414 g/mol. The lowest BCUT2D eigenvalue weighted by Gasteiger charge is -2.41. The molecule has 1 aromatic carbocycles. The van der Waals surface area contributed by atoms with E-state index < -0.39 is 6.03 Å². The van der Waals surface area contributed by atoms with Crippen molar-refractivity contribution < 1.29 is 9.53 Å². The molecule has 7 heteroatoms. The summed E-state index contributed by atoms with van der Waals surface area (Å²) in [7, 11) is 0. The number of hydrogen-bond donors (Lipinski definition) is 2. The molecule has 2 aromatic heterocycles. The lowest BCUT2D eigenvalue weighted by Crippen LogP contribution is -2.48. The number of nitrogens with zero attached hydrogens (tertiary/aromatic N) is 3. The zero-order valence-corrected chi connectivity index (χ0v) is 19.3. The van der Waals surface area contributed by atoms with Crippen LogP contribution in [0.2, 0.25) is 0 Å². The molecule has 174 valence electrons. The Morgan fingerprint density at radius 3 is 2.79 bits per heavy atom. The fourth-order valence-electron chi connectivity index (χ4n) is 5.40. The number of pyridine rings is 1. The summed E-state index contributed by atoms with van der Waals surface area (Å²) in [5.74, 6) is 1.08. The quantitative estimate of drug-likeness (QED) is 0.587. The number of carbonyl (C=O) groups excluding carboxylic acids is 1. The van der Waals surface area contributed by atoms with Gasteiger partial charge in [-0.3, -0.25) is 4.90 Å². The minimum absolute atomic E-state index is 0.215. The number of urea groups is 1. The Morgan fingerprint density at radius 1 is 1.15 bits per heavy atom. The normalized spacial score (nSPS) is 17.4. The van der Waals surface area contributed by atoms with Gasteiger partial charge in [-0.25, -0.2) is 4.79 Å². The lowest BCUT2D eigenvalue weighted by molar-refractivity contribution is 0.177. The maximum absolute atomic E-state index is 11.7. The lowest BCUT2D eigenvalue weighted by atomic mass is 9.98. The highest BCUT2D eigenvalue weighted by Gasteiger charge is 2.30. The van der Waals surface area contributed by atoms with Crippen LogP contribution in [0, 0.1) is 0 Å². The number of fused-ring (bicyclic) bond motifs is 2. The van der Waals surface area contributed by atoms with Crippen molar-refractivity contribution in [3.8, 4) is 5.75 Å². The summed E-state index contributed by atoms with van der Waals surface area (Å²) in [6.07, 6.45) is 8.26. The van der Waals surface area contributed by atoms with Crippen molar-refractivity contribution in [3.63, 3.8) is 0 Å². The van der Waals surface area contributed by atoms with Crippen LogP contribution in [-0.4, -0.2) is 48.1 Å². The SMILES string of the molecule is CCCC(c1c(NC(N)=O)cn2ccccc12)N1CCN(c2cccc3c2OCCC3)CC1. The Hall–Kier alpha value is -3.19. The Bertz CT molecular complexity index is 1130. The van der Waals surface area contributed by atoms with Crippen LogP contribution in [0.3, 0.4) is 0 Å². The molecule has 2 aliphatic heterocycles. The van der Waals surface area contributed by atoms with Gasteiger partial charge in [0.25, 0.3) is 0 Å². The van der Waals surface area contributed by atoms with E-state index in [9.17, 15) is 4.79 Å². The van der Waals surface area contributed by atoms with Gasteiger partial charge in [0.15, 0.2) is 0 Å². The molecule has 1 saturated heterocycles. The fourth-order valence-corrected chi connectivity index (χ4v) is 5.40. The number of nitrogens with one attached hydrogen (secondary N) is 1. The maximum Gasteiger partial charge on any atom is 0.316 e. The van der Waals surface area contributed by atoms with Crippen LogP contribution in [0.25, 0.3) is 5.52 Å². The Balaban J connectivity index is 1.41. The van der Waals surface area contributed by atoms with Crippen LogP contribution in [-0.2, 0) is 6.42 Å². The summed E-state index contributed by atoms with van der Waals surface area (Å²) in [6, 6.07) is 12.4. The van der Waals surface area contributed by atoms with E-state index in [2.05, 4.69) is 50.7 Å². The molecule has 5 rings (SSSR count). The second kappa shape index (κ2) is 9.35. The minimum Gasteiger partial charge on any atom is -0.491 e. The van der Waals surface area contributed by atoms with Crippen molar-refractivity contribution in [2.45, 2.75) is 38.6 Å². The number of nitrogens with two attached hydrogens (primary N) is 1. The number of primary amides is 1. The van der Waals surface area contributed by atoms with Crippen molar-refractivity contribution in [3.05, 3.63) is 59.9 Å². The maximum atomic E-state index is 11.7. The van der Waals surface area contributed by atoms with E-state index in [-0.39, 0.29) is 6.04 Å². The van der Waals surface area contributed by atoms with Gasteiger partial charge in [0, 0.05) is 50.2 Å². The van der Waals surface area contributed by atoms with E-state index in [4.69, 9.17) is 10.5 Å². The average molecular weight is 448 g/mol. The third kappa shape index (κ3) is 4.25. The van der Waals surface area contributed by atoms with Crippen LogP contribution in [0.1, 0.15) is 43.4 Å². The van der Waals surface area contributed by atoms with E-state index in [0.717, 1.165) is 81.0 Å². The number of anilines is 2. The van der Waals surface area contributed by atoms with E-state index in [1.165, 1.54) is 11.3 Å². The number of ether oxygens (including phenoxy) is 1. The first-order valence-electron chi connectivity index (χ1n) is 12.1. The highest BCUT2D eigenvalue weighted by molar-refractivity contribution is 5.91. The number of aryl methyl sites for hydroxylation is 1. The fraction of sp³-hybridized carbons (Fsp3) is 0.423. The van der Waals surface area contributed by atoms with Gasteiger partial charge in [-0.05, 0) is 43.0 Å². The number of rotatable bonds is 6. The van der Waals surface area contributed by atoms with Crippen LogP contribution in [0.4, 0.5) is 16.2 Å². The van der Waals surface area contributed by atoms with Gasteiger partial charge >= 0.3 is 6.03 Å². The summed E-state index contributed by atoms with van der Waals surface area (Å²) >= 11 is 0. The number of aromatic nitrogens is 1. The topological polar surface area (TPSA) is 75.2 Å². The van der Waals surface area contributed by atoms with Gasteiger partial charge in [0.05, 0.1) is 23.5 Å². The van der Waals surface area contributed by atoms with Crippen LogP contribution in [0.5, 0.6) is 5.75 Å². The molecule has 0 spiro atoms. The number of para-hydroxylation sites is 1. The predicted molar refractivity (Wildman–Crippen MR) is 132 cm³/mol. The van der Waals surface area contributed by atoms with E-state index in [1.807, 2.05) is 24.5 Å². The van der Waals surface area contributed by atoms with Crippen molar-refractivity contribution in [1.29, 1.82) is 0 Å². The van der Waals surface area contributed by atoms with Gasteiger partial charge in [0.1, 0.15) is 5.75 Å². The first-order chi connectivity index (χ1) is 16.2. The first-order valence-corrected chi connectivity index (χ1v) is 12.1. The molecule has 2 aliphatic rings. The van der Waals surface area contributed by atoms with Crippen molar-refractivity contribution in [2.75, 3.05) is 43.0 Å². The zero-order chi connectivity index (χ0) is 22.8. The van der Waals surface area contributed by atoms with Crippen molar-refractivity contribution in [1.82, 2.24) is 9.30 Å². The molecule has 0 radical (unpaired) electrons. The predicted octanol–water partition coefficient (Wildman–Crippen LogP) is 4.42. The van der Waals surface area contributed by atoms with Gasteiger partial charge < -0.3 is 25.1 Å². The summed E-state index contributed by atoms with van der Waals surface area (Å²) in [5.41, 5.74) is 11.1. The second-order valence-corrected chi connectivity index (χ2v) is 8.98. The Labute approximate surface area is 195 Å². The van der Waals surface area contributed by atoms with Crippen LogP contribution < -0.4 is 20.7 Å². The molecule has 0 saturated carbocycles. The Kier molecular flexibility index (Phi) is 6.13. The minimum atomic E-state index is -0.527. The average Bonchev–Trinajstić information content (AvgIpc) is 3.19. The molecule has 4 heterocycles. The summed E-state index contributed by atoms with van der Waals surface area (Å²) in [6.45, 7) is 6.83. The summed E-state index contributed by atoms with van der Waals surface area (Å²) < 4.78 is 8.15. The summed E-state index contributed by atoms with van der Waals surface area (Å²) in [5, 5.41) is 2.87. The Morgan fingerprint density at radius 2 is 2.00 bits per heavy atom. The molecule has 7 nitrogen and oxygen atoms in total. The van der Waals surface area contributed by atoms with Gasteiger partial charge in [-0.15, -0.1) is 0 Å². The highest BCUT2D eigenvalue weighted by atomic mass is 16.5. The van der Waals surface area contributed by atoms with Crippen molar-refractivity contribution >= 4 is 22.9 Å². The molecule has 33 heavy (non-hydrogen) atoms. The van der Waals surface area contributed by atoms with E-state index >= 15 is 0 Å². The van der Waals surface area contributed by atoms with E-state index in [0.29, 0.717) is 0 Å². The number of amides is 2. The molecular formula is C26H33N5O2. The molecule has 0 aliphatic carbocycles. The molecule has 1 fully saturated rings. The van der Waals surface area contributed by atoms with Gasteiger partial charge in [0.2, 0.25) is 0 Å². The monoisotopic (exact) mass is 447 g/mol. The molecule has 3 N–H and O–H groups in total. The van der Waals surface area contributed by atoms with Crippen LogP contribution in [0.15, 0.2) is 48.8 Å². The highest BCUT2D eigenvalue weighted by Crippen LogP contribution is 2.39.